The van der Waals surface area contributed by atoms with Crippen LogP contribution in [0.15, 0.2) is 60.7 Å². The number of alkyl halides is 3. The summed E-state index contributed by atoms with van der Waals surface area (Å²) in [6, 6.07) is 15.7. The SMILES string of the molecule is CCOC(=O)c1c(NC(NC(=O)c2ccccc2)(C(=O)OC)C(F)(F)F)sc(CC)c1-c1ccccc1. The van der Waals surface area contributed by atoms with Crippen molar-refractivity contribution in [1.82, 2.24) is 5.32 Å². The zero-order valence-corrected chi connectivity index (χ0v) is 21.1. The van der Waals surface area contributed by atoms with Crippen molar-refractivity contribution < 1.29 is 37.0 Å². The van der Waals surface area contributed by atoms with Gasteiger partial charge >= 0.3 is 23.8 Å². The second-order valence-electron chi connectivity index (χ2n) is 7.73. The van der Waals surface area contributed by atoms with Gasteiger partial charge in [0.1, 0.15) is 10.6 Å². The average Bonchev–Trinajstić information content (AvgIpc) is 3.26. The number of hydrogen-bond acceptors (Lipinski definition) is 7. The molecule has 7 nitrogen and oxygen atoms in total. The first-order valence-corrected chi connectivity index (χ1v) is 12.1. The summed E-state index contributed by atoms with van der Waals surface area (Å²) < 4.78 is 53.7. The van der Waals surface area contributed by atoms with E-state index in [1.807, 2.05) is 0 Å². The minimum Gasteiger partial charge on any atom is -0.466 e. The van der Waals surface area contributed by atoms with E-state index in [1.165, 1.54) is 24.3 Å². The Morgan fingerprint density at radius 3 is 2.05 bits per heavy atom. The number of carbonyl (C=O) groups is 3. The van der Waals surface area contributed by atoms with E-state index in [2.05, 4.69) is 10.1 Å². The summed E-state index contributed by atoms with van der Waals surface area (Å²) >= 11 is 0.858. The highest BCUT2D eigenvalue weighted by atomic mass is 32.1. The highest BCUT2D eigenvalue weighted by Crippen LogP contribution is 2.44. The number of esters is 2. The molecule has 0 bridgehead atoms. The monoisotopic (exact) mass is 534 g/mol. The molecule has 3 rings (SSSR count). The van der Waals surface area contributed by atoms with E-state index in [9.17, 15) is 27.6 Å². The minimum absolute atomic E-state index is 0.0318. The molecule has 3 aromatic rings. The first-order valence-electron chi connectivity index (χ1n) is 11.3. The van der Waals surface area contributed by atoms with E-state index >= 15 is 0 Å². The van der Waals surface area contributed by atoms with Gasteiger partial charge in [-0.2, -0.15) is 13.2 Å². The van der Waals surface area contributed by atoms with Crippen molar-refractivity contribution >= 4 is 34.2 Å². The van der Waals surface area contributed by atoms with E-state index in [0.29, 0.717) is 22.4 Å². The molecule has 37 heavy (non-hydrogen) atoms. The topological polar surface area (TPSA) is 93.7 Å². The summed E-state index contributed by atoms with van der Waals surface area (Å²) in [5, 5.41) is 3.62. The van der Waals surface area contributed by atoms with Crippen LogP contribution in [0.3, 0.4) is 0 Å². The van der Waals surface area contributed by atoms with Gasteiger partial charge in [0.05, 0.1) is 13.7 Å². The quantitative estimate of drug-likeness (QED) is 0.281. The van der Waals surface area contributed by atoms with Crippen LogP contribution in [0, 0.1) is 0 Å². The molecule has 0 saturated carbocycles. The fourth-order valence-electron chi connectivity index (χ4n) is 3.67. The molecule has 0 aliphatic carbocycles. The van der Waals surface area contributed by atoms with Crippen LogP contribution in [-0.4, -0.2) is 43.4 Å². The molecule has 1 amide bonds. The molecule has 2 aromatic carbocycles. The average molecular weight is 535 g/mol. The van der Waals surface area contributed by atoms with Crippen LogP contribution < -0.4 is 10.6 Å². The maximum absolute atomic E-state index is 14.7. The van der Waals surface area contributed by atoms with Crippen molar-refractivity contribution in [3.63, 3.8) is 0 Å². The molecular weight excluding hydrogens is 509 g/mol. The maximum Gasteiger partial charge on any atom is 0.441 e. The number of methoxy groups -OCH3 is 1. The van der Waals surface area contributed by atoms with Crippen LogP contribution in [0.25, 0.3) is 11.1 Å². The summed E-state index contributed by atoms with van der Waals surface area (Å²) in [7, 11) is 0.771. The Bertz CT molecular complexity index is 1260. The van der Waals surface area contributed by atoms with E-state index in [1.54, 1.807) is 55.6 Å². The molecule has 0 aliphatic rings. The second kappa shape index (κ2) is 11.5. The van der Waals surface area contributed by atoms with Crippen molar-refractivity contribution in [3.8, 4) is 11.1 Å². The molecule has 0 saturated heterocycles. The molecule has 1 aromatic heterocycles. The van der Waals surface area contributed by atoms with Crippen molar-refractivity contribution in [2.24, 2.45) is 0 Å². The van der Waals surface area contributed by atoms with Gasteiger partial charge in [-0.25, -0.2) is 9.59 Å². The summed E-state index contributed by atoms with van der Waals surface area (Å²) in [4.78, 5) is 39.2. The lowest BCUT2D eigenvalue weighted by atomic mass is 9.99. The van der Waals surface area contributed by atoms with Gasteiger partial charge < -0.3 is 20.1 Å². The summed E-state index contributed by atoms with van der Waals surface area (Å²) in [6.45, 7) is 3.32. The van der Waals surface area contributed by atoms with Crippen LogP contribution in [0.1, 0.15) is 39.4 Å². The predicted molar refractivity (Wildman–Crippen MR) is 133 cm³/mol. The highest BCUT2D eigenvalue weighted by Gasteiger charge is 2.64. The lowest BCUT2D eigenvalue weighted by Gasteiger charge is -2.34. The molecule has 1 heterocycles. The fraction of sp³-hybridized carbons (Fsp3) is 0.269. The van der Waals surface area contributed by atoms with Gasteiger partial charge in [-0.1, -0.05) is 55.5 Å². The van der Waals surface area contributed by atoms with Gasteiger partial charge in [-0.3, -0.25) is 4.79 Å². The van der Waals surface area contributed by atoms with Crippen molar-refractivity contribution in [2.45, 2.75) is 32.1 Å². The number of nitrogens with one attached hydrogen (secondary N) is 2. The third-order valence-corrected chi connectivity index (χ3v) is 6.65. The van der Waals surface area contributed by atoms with Crippen molar-refractivity contribution in [1.29, 1.82) is 0 Å². The number of ether oxygens (including phenoxy) is 2. The second-order valence-corrected chi connectivity index (χ2v) is 8.83. The Balaban J connectivity index is 2.24. The number of thiophene rings is 1. The molecule has 2 N–H and O–H groups in total. The third kappa shape index (κ3) is 5.61. The number of halogens is 3. The van der Waals surface area contributed by atoms with Crippen LogP contribution in [0.2, 0.25) is 0 Å². The smallest absolute Gasteiger partial charge is 0.441 e. The Hall–Kier alpha value is -3.86. The van der Waals surface area contributed by atoms with Crippen molar-refractivity contribution in [2.75, 3.05) is 19.0 Å². The summed E-state index contributed by atoms with van der Waals surface area (Å²) in [5.41, 5.74) is -3.04. The van der Waals surface area contributed by atoms with Crippen LogP contribution in [-0.2, 0) is 20.7 Å². The van der Waals surface area contributed by atoms with Crippen LogP contribution >= 0.6 is 11.3 Å². The zero-order valence-electron chi connectivity index (χ0n) is 20.3. The van der Waals surface area contributed by atoms with E-state index in [4.69, 9.17) is 4.74 Å². The lowest BCUT2D eigenvalue weighted by Crippen LogP contribution is -2.69. The Labute approximate surface area is 215 Å². The van der Waals surface area contributed by atoms with E-state index in [-0.39, 0.29) is 22.7 Å². The number of anilines is 1. The number of hydrogen-bond donors (Lipinski definition) is 2. The summed E-state index contributed by atoms with van der Waals surface area (Å²) in [5.74, 6) is -3.87. The predicted octanol–water partition coefficient (Wildman–Crippen LogP) is 5.43. The number of benzene rings is 2. The number of carbonyl (C=O) groups excluding carboxylic acids is 3. The molecular formula is C26H25F3N2O5S. The first kappa shape index (κ1) is 27.7. The molecule has 0 radical (unpaired) electrons. The molecule has 0 spiro atoms. The molecule has 1 unspecified atom stereocenters. The molecule has 1 atom stereocenters. The Kier molecular flexibility index (Phi) is 8.59. The molecule has 196 valence electrons. The van der Waals surface area contributed by atoms with Gasteiger partial charge in [0.25, 0.3) is 5.91 Å². The molecule has 0 fully saturated rings. The standard InChI is InChI=1S/C26H25F3N2O5S/c1-4-18-19(16-12-8-6-9-13-16)20(23(33)36-5-2)22(37-18)31-25(24(34)35-3,26(27,28)29)30-21(32)17-14-10-7-11-15-17/h6-15,31H,4-5H2,1-3H3,(H,30,32). The van der Waals surface area contributed by atoms with Crippen LogP contribution in [0.4, 0.5) is 18.2 Å². The largest absolute Gasteiger partial charge is 0.466 e. The number of aryl methyl sites for hydroxylation is 1. The normalized spacial score (nSPS) is 12.8. The molecule has 11 heteroatoms. The van der Waals surface area contributed by atoms with Gasteiger partial charge in [0.15, 0.2) is 0 Å². The van der Waals surface area contributed by atoms with E-state index < -0.39 is 29.7 Å². The van der Waals surface area contributed by atoms with Gasteiger partial charge in [-0.05, 0) is 31.0 Å². The highest BCUT2D eigenvalue weighted by molar-refractivity contribution is 7.17. The molecule has 0 aliphatic heterocycles. The van der Waals surface area contributed by atoms with Crippen molar-refractivity contribution in [3.05, 3.63) is 76.7 Å². The fourth-order valence-corrected chi connectivity index (χ4v) is 4.87. The zero-order chi connectivity index (χ0) is 27.2. The Morgan fingerprint density at radius 2 is 1.54 bits per heavy atom. The number of rotatable bonds is 9. The Morgan fingerprint density at radius 1 is 0.946 bits per heavy atom. The summed E-state index contributed by atoms with van der Waals surface area (Å²) in [6.07, 6.45) is -5.00. The van der Waals surface area contributed by atoms with Gasteiger partial charge in [-0.15, -0.1) is 11.3 Å². The first-order chi connectivity index (χ1) is 17.6. The van der Waals surface area contributed by atoms with Crippen LogP contribution in [0.5, 0.6) is 0 Å². The minimum atomic E-state index is -5.38. The lowest BCUT2D eigenvalue weighted by molar-refractivity contribution is -0.203. The third-order valence-electron chi connectivity index (χ3n) is 5.40. The maximum atomic E-state index is 14.7. The van der Waals surface area contributed by atoms with Gasteiger partial charge in [0.2, 0.25) is 0 Å². The van der Waals surface area contributed by atoms with E-state index in [0.717, 1.165) is 18.4 Å². The number of amides is 1. The van der Waals surface area contributed by atoms with Gasteiger partial charge in [0, 0.05) is 16.0 Å².